The van der Waals surface area contributed by atoms with Gasteiger partial charge in [0.15, 0.2) is 0 Å². The van der Waals surface area contributed by atoms with Crippen molar-refractivity contribution < 1.29 is 15.3 Å². The van der Waals surface area contributed by atoms with E-state index in [1.54, 1.807) is 0 Å². The van der Waals surface area contributed by atoms with E-state index < -0.39 is 0 Å². The minimum Gasteiger partial charge on any atom is -0.395 e. The molecule has 0 amide bonds. The zero-order valence-electron chi connectivity index (χ0n) is 10.4. The molecule has 1 aromatic rings. The van der Waals surface area contributed by atoms with Crippen LogP contribution in [0.1, 0.15) is 24.4 Å². The van der Waals surface area contributed by atoms with Crippen LogP contribution in [0.25, 0.3) is 0 Å². The van der Waals surface area contributed by atoms with Gasteiger partial charge in [-0.15, -0.1) is 0 Å². The van der Waals surface area contributed by atoms with E-state index in [0.717, 1.165) is 18.4 Å². The van der Waals surface area contributed by atoms with Crippen molar-refractivity contribution in [2.45, 2.75) is 31.0 Å². The SMILES string of the molecule is OCC(CO)NC(c1ccccc1)C1CC(O)C1. The van der Waals surface area contributed by atoms with Crippen LogP contribution in [0.4, 0.5) is 0 Å². The fourth-order valence-electron chi connectivity index (χ4n) is 2.48. The van der Waals surface area contributed by atoms with Crippen LogP contribution in [0, 0.1) is 5.92 Å². The van der Waals surface area contributed by atoms with Gasteiger partial charge in [-0.25, -0.2) is 0 Å². The van der Waals surface area contributed by atoms with Crippen molar-refractivity contribution in [1.29, 1.82) is 0 Å². The van der Waals surface area contributed by atoms with Crippen LogP contribution < -0.4 is 5.32 Å². The van der Waals surface area contributed by atoms with E-state index in [1.165, 1.54) is 0 Å². The summed E-state index contributed by atoms with van der Waals surface area (Å²) in [7, 11) is 0. The number of hydrogen-bond acceptors (Lipinski definition) is 4. The molecule has 1 saturated carbocycles. The van der Waals surface area contributed by atoms with Gasteiger partial charge in [0.05, 0.1) is 25.4 Å². The van der Waals surface area contributed by atoms with Crippen molar-refractivity contribution in [2.75, 3.05) is 13.2 Å². The summed E-state index contributed by atoms with van der Waals surface area (Å²) in [6.45, 7) is -0.176. The maximum absolute atomic E-state index is 9.44. The number of rotatable bonds is 6. The number of aliphatic hydroxyl groups excluding tert-OH is 3. The third-order valence-electron chi connectivity index (χ3n) is 3.64. The zero-order chi connectivity index (χ0) is 13.0. The molecule has 0 saturated heterocycles. The minimum atomic E-state index is -0.312. The van der Waals surface area contributed by atoms with Gasteiger partial charge in [0.2, 0.25) is 0 Å². The average molecular weight is 251 g/mol. The van der Waals surface area contributed by atoms with E-state index in [0.29, 0.717) is 5.92 Å². The summed E-state index contributed by atoms with van der Waals surface area (Å²) in [5.74, 6) is 0.364. The molecule has 1 unspecified atom stereocenters. The molecule has 1 aliphatic rings. The molecule has 0 heterocycles. The number of hydrogen-bond donors (Lipinski definition) is 4. The molecular formula is C14H21NO3. The molecule has 1 aliphatic carbocycles. The summed E-state index contributed by atoms with van der Waals surface area (Å²) >= 11 is 0. The molecule has 2 rings (SSSR count). The molecule has 1 fully saturated rings. The molecule has 18 heavy (non-hydrogen) atoms. The van der Waals surface area contributed by atoms with Crippen molar-refractivity contribution in [3.8, 4) is 0 Å². The summed E-state index contributed by atoms with van der Waals surface area (Å²) in [5, 5.41) is 31.1. The third-order valence-corrected chi connectivity index (χ3v) is 3.64. The first-order valence-corrected chi connectivity index (χ1v) is 6.45. The monoisotopic (exact) mass is 251 g/mol. The summed E-state index contributed by atoms with van der Waals surface area (Å²) < 4.78 is 0. The Morgan fingerprint density at radius 1 is 1.11 bits per heavy atom. The van der Waals surface area contributed by atoms with E-state index >= 15 is 0 Å². The minimum absolute atomic E-state index is 0.0823. The maximum Gasteiger partial charge on any atom is 0.0607 e. The van der Waals surface area contributed by atoms with Crippen molar-refractivity contribution in [1.82, 2.24) is 5.32 Å². The van der Waals surface area contributed by atoms with E-state index in [1.807, 2.05) is 30.3 Å². The highest BCUT2D eigenvalue weighted by molar-refractivity contribution is 5.21. The Morgan fingerprint density at radius 2 is 1.72 bits per heavy atom. The van der Waals surface area contributed by atoms with E-state index in [9.17, 15) is 15.3 Å². The maximum atomic E-state index is 9.44. The van der Waals surface area contributed by atoms with Gasteiger partial charge in [-0.2, -0.15) is 0 Å². The number of benzene rings is 1. The van der Waals surface area contributed by atoms with Crippen LogP contribution in [-0.4, -0.2) is 40.7 Å². The van der Waals surface area contributed by atoms with Crippen LogP contribution in [0.5, 0.6) is 0 Å². The molecule has 1 atom stereocenters. The molecule has 100 valence electrons. The smallest absolute Gasteiger partial charge is 0.0607 e. The Hall–Kier alpha value is -0.940. The zero-order valence-corrected chi connectivity index (χ0v) is 10.4. The van der Waals surface area contributed by atoms with Crippen LogP contribution in [0.3, 0.4) is 0 Å². The molecule has 4 nitrogen and oxygen atoms in total. The Morgan fingerprint density at radius 3 is 2.22 bits per heavy atom. The van der Waals surface area contributed by atoms with Gasteiger partial charge in [0.25, 0.3) is 0 Å². The first kappa shape index (κ1) is 13.5. The highest BCUT2D eigenvalue weighted by Crippen LogP contribution is 2.38. The van der Waals surface area contributed by atoms with Crippen molar-refractivity contribution >= 4 is 0 Å². The van der Waals surface area contributed by atoms with Gasteiger partial charge >= 0.3 is 0 Å². The lowest BCUT2D eigenvalue weighted by molar-refractivity contribution is 0.0177. The summed E-state index contributed by atoms with van der Waals surface area (Å²) in [6.07, 6.45) is 1.34. The molecule has 4 N–H and O–H groups in total. The average Bonchev–Trinajstić information content (AvgIpc) is 2.38. The second-order valence-corrected chi connectivity index (χ2v) is 5.00. The molecular weight excluding hydrogens is 230 g/mol. The Kier molecular flexibility index (Phi) is 4.72. The molecule has 0 radical (unpaired) electrons. The van der Waals surface area contributed by atoms with E-state index in [2.05, 4.69) is 5.32 Å². The predicted molar refractivity (Wildman–Crippen MR) is 69.0 cm³/mol. The normalized spacial score (nSPS) is 24.9. The van der Waals surface area contributed by atoms with Crippen LogP contribution in [-0.2, 0) is 0 Å². The predicted octanol–water partition coefficient (Wildman–Crippen LogP) is 0.441. The summed E-state index contributed by atoms with van der Waals surface area (Å²) in [4.78, 5) is 0. The lowest BCUT2D eigenvalue weighted by atomic mass is 9.75. The van der Waals surface area contributed by atoms with E-state index in [-0.39, 0.29) is 31.4 Å². The highest BCUT2D eigenvalue weighted by atomic mass is 16.3. The lowest BCUT2D eigenvalue weighted by Crippen LogP contribution is -2.45. The Labute approximate surface area is 107 Å². The van der Waals surface area contributed by atoms with Gasteiger partial charge in [-0.1, -0.05) is 30.3 Å². The second-order valence-electron chi connectivity index (χ2n) is 5.00. The Balaban J connectivity index is 2.08. The topological polar surface area (TPSA) is 72.7 Å². The van der Waals surface area contributed by atoms with Crippen molar-refractivity contribution in [2.24, 2.45) is 5.92 Å². The summed E-state index contributed by atoms with van der Waals surface area (Å²) in [5.41, 5.74) is 1.14. The largest absolute Gasteiger partial charge is 0.395 e. The molecule has 0 aliphatic heterocycles. The van der Waals surface area contributed by atoms with Crippen molar-refractivity contribution in [3.63, 3.8) is 0 Å². The van der Waals surface area contributed by atoms with Gasteiger partial charge in [-0.3, -0.25) is 0 Å². The van der Waals surface area contributed by atoms with Crippen LogP contribution >= 0.6 is 0 Å². The first-order chi connectivity index (χ1) is 8.74. The molecule has 0 spiro atoms. The third kappa shape index (κ3) is 3.09. The number of aliphatic hydroxyl groups is 3. The van der Waals surface area contributed by atoms with Crippen LogP contribution in [0.2, 0.25) is 0 Å². The van der Waals surface area contributed by atoms with Crippen molar-refractivity contribution in [3.05, 3.63) is 35.9 Å². The van der Waals surface area contributed by atoms with Gasteiger partial charge in [0.1, 0.15) is 0 Å². The first-order valence-electron chi connectivity index (χ1n) is 6.45. The fraction of sp³-hybridized carbons (Fsp3) is 0.571. The fourth-order valence-corrected chi connectivity index (χ4v) is 2.48. The Bertz CT molecular complexity index is 347. The van der Waals surface area contributed by atoms with E-state index in [4.69, 9.17) is 0 Å². The molecule has 0 bridgehead atoms. The standard InChI is InChI=1S/C14H21NO3/c16-8-12(9-17)15-14(11-6-13(18)7-11)10-4-2-1-3-5-10/h1-5,11-18H,6-9H2. The second kappa shape index (κ2) is 6.29. The van der Waals surface area contributed by atoms with Gasteiger partial charge in [0, 0.05) is 6.04 Å². The highest BCUT2D eigenvalue weighted by Gasteiger charge is 2.35. The van der Waals surface area contributed by atoms with Gasteiger partial charge in [-0.05, 0) is 24.3 Å². The molecule has 0 aromatic heterocycles. The van der Waals surface area contributed by atoms with Gasteiger partial charge < -0.3 is 20.6 Å². The number of nitrogens with one attached hydrogen (secondary N) is 1. The lowest BCUT2D eigenvalue weighted by Gasteiger charge is -2.39. The molecule has 4 heteroatoms. The molecule has 1 aromatic carbocycles. The van der Waals surface area contributed by atoms with Crippen LogP contribution in [0.15, 0.2) is 30.3 Å². The quantitative estimate of drug-likeness (QED) is 0.592. The summed E-state index contributed by atoms with van der Waals surface area (Å²) in [6, 6.07) is 9.76.